The first-order valence-electron chi connectivity index (χ1n) is 9.26. The molecule has 7 nitrogen and oxygen atoms in total. The molecule has 4 rings (SSSR count). The monoisotopic (exact) mass is 385 g/mol. The number of rotatable bonds is 3. The van der Waals surface area contributed by atoms with Crippen LogP contribution in [0, 0.1) is 15.9 Å². The Kier molecular flexibility index (Phi) is 4.95. The third-order valence-electron chi connectivity index (χ3n) is 5.19. The first kappa shape index (κ1) is 18.4. The molecule has 0 radical (unpaired) electrons. The minimum Gasteiger partial charge on any atom is -0.378 e. The molecule has 146 valence electrons. The van der Waals surface area contributed by atoms with Crippen molar-refractivity contribution in [3.05, 3.63) is 63.5 Å². The van der Waals surface area contributed by atoms with Crippen LogP contribution in [-0.2, 0) is 11.2 Å². The van der Waals surface area contributed by atoms with E-state index in [4.69, 9.17) is 4.74 Å². The third kappa shape index (κ3) is 3.31. The summed E-state index contributed by atoms with van der Waals surface area (Å²) in [4.78, 5) is 27.6. The van der Waals surface area contributed by atoms with Gasteiger partial charge in [-0.3, -0.25) is 14.9 Å². The minimum atomic E-state index is -0.523. The van der Waals surface area contributed by atoms with Gasteiger partial charge in [-0.1, -0.05) is 12.1 Å². The zero-order valence-corrected chi connectivity index (χ0v) is 15.3. The number of aryl methyl sites for hydroxylation is 1. The number of hydrogen-bond donors (Lipinski definition) is 0. The van der Waals surface area contributed by atoms with Crippen molar-refractivity contribution in [2.75, 3.05) is 42.6 Å². The number of nitro benzene ring substituents is 1. The molecule has 2 aromatic rings. The number of fused-ring (bicyclic) bond motifs is 1. The fourth-order valence-electron chi connectivity index (χ4n) is 3.84. The van der Waals surface area contributed by atoms with Crippen molar-refractivity contribution in [2.24, 2.45) is 0 Å². The number of para-hydroxylation sites is 1. The van der Waals surface area contributed by atoms with Crippen LogP contribution in [0.15, 0.2) is 36.4 Å². The van der Waals surface area contributed by atoms with Crippen LogP contribution in [0.25, 0.3) is 0 Å². The van der Waals surface area contributed by atoms with E-state index in [1.54, 1.807) is 12.1 Å². The topological polar surface area (TPSA) is 75.9 Å². The molecular weight excluding hydrogens is 365 g/mol. The highest BCUT2D eigenvalue weighted by atomic mass is 19.1. The van der Waals surface area contributed by atoms with E-state index in [1.165, 1.54) is 23.1 Å². The van der Waals surface area contributed by atoms with E-state index in [2.05, 4.69) is 0 Å². The van der Waals surface area contributed by atoms with Crippen LogP contribution in [0.2, 0.25) is 0 Å². The number of nitro groups is 1. The Bertz CT molecular complexity index is 928. The van der Waals surface area contributed by atoms with E-state index in [9.17, 15) is 19.3 Å². The van der Waals surface area contributed by atoms with Crippen molar-refractivity contribution in [2.45, 2.75) is 12.8 Å². The van der Waals surface area contributed by atoms with Gasteiger partial charge in [-0.15, -0.1) is 0 Å². The predicted octanol–water partition coefficient (Wildman–Crippen LogP) is 3.16. The standard InChI is InChI=1S/C20H20FN3O4/c21-17-5-1-3-14-4-2-8-23(19(14)17)20(25)16-13-15(24(26)27)6-7-18(16)22-9-11-28-12-10-22/h1,3,5-7,13H,2,4,8-12H2. The molecule has 2 aliphatic rings. The largest absolute Gasteiger partial charge is 0.378 e. The highest BCUT2D eigenvalue weighted by Crippen LogP contribution is 2.34. The van der Waals surface area contributed by atoms with E-state index in [0.717, 1.165) is 5.56 Å². The summed E-state index contributed by atoms with van der Waals surface area (Å²) in [5, 5.41) is 11.3. The lowest BCUT2D eigenvalue weighted by atomic mass is 9.99. The van der Waals surface area contributed by atoms with E-state index >= 15 is 0 Å². The Morgan fingerprint density at radius 3 is 2.68 bits per heavy atom. The second-order valence-corrected chi connectivity index (χ2v) is 6.87. The van der Waals surface area contributed by atoms with Crippen LogP contribution in [0.5, 0.6) is 0 Å². The highest BCUT2D eigenvalue weighted by Gasteiger charge is 2.30. The van der Waals surface area contributed by atoms with Crippen molar-refractivity contribution in [3.63, 3.8) is 0 Å². The van der Waals surface area contributed by atoms with Crippen molar-refractivity contribution in [1.29, 1.82) is 0 Å². The van der Waals surface area contributed by atoms with Gasteiger partial charge in [0.25, 0.3) is 11.6 Å². The summed E-state index contributed by atoms with van der Waals surface area (Å²) in [6.45, 7) is 2.58. The maximum Gasteiger partial charge on any atom is 0.270 e. The summed E-state index contributed by atoms with van der Waals surface area (Å²) in [5.41, 5.74) is 1.72. The lowest BCUT2D eigenvalue weighted by Crippen LogP contribution is -2.40. The van der Waals surface area contributed by atoms with Gasteiger partial charge < -0.3 is 14.5 Å². The molecule has 0 aromatic heterocycles. The smallest absolute Gasteiger partial charge is 0.270 e. The van der Waals surface area contributed by atoms with Crippen LogP contribution in [0.1, 0.15) is 22.3 Å². The third-order valence-corrected chi connectivity index (χ3v) is 5.19. The molecule has 1 amide bonds. The Morgan fingerprint density at radius 1 is 1.14 bits per heavy atom. The molecule has 0 saturated carbocycles. The first-order valence-corrected chi connectivity index (χ1v) is 9.26. The molecule has 1 saturated heterocycles. The number of ether oxygens (including phenoxy) is 1. The molecule has 0 bridgehead atoms. The second-order valence-electron chi connectivity index (χ2n) is 6.87. The van der Waals surface area contributed by atoms with Crippen LogP contribution < -0.4 is 9.80 Å². The lowest BCUT2D eigenvalue weighted by Gasteiger charge is -2.33. The summed E-state index contributed by atoms with van der Waals surface area (Å²) < 4.78 is 19.9. The van der Waals surface area contributed by atoms with Crippen molar-refractivity contribution < 1.29 is 18.8 Å². The summed E-state index contributed by atoms with van der Waals surface area (Å²) in [7, 11) is 0. The maximum atomic E-state index is 14.5. The predicted molar refractivity (Wildman–Crippen MR) is 103 cm³/mol. The number of carbonyl (C=O) groups is 1. The van der Waals surface area contributed by atoms with Gasteiger partial charge in [0.1, 0.15) is 5.82 Å². The van der Waals surface area contributed by atoms with E-state index in [0.29, 0.717) is 51.4 Å². The number of hydrogen-bond acceptors (Lipinski definition) is 5. The number of carbonyl (C=O) groups excluding carboxylic acids is 1. The number of non-ortho nitro benzene ring substituents is 1. The van der Waals surface area contributed by atoms with E-state index in [-0.39, 0.29) is 16.9 Å². The fraction of sp³-hybridized carbons (Fsp3) is 0.350. The summed E-state index contributed by atoms with van der Waals surface area (Å²) in [5.74, 6) is -0.875. The van der Waals surface area contributed by atoms with Gasteiger partial charge in [0.15, 0.2) is 0 Å². The normalized spacial score (nSPS) is 16.6. The molecule has 2 aliphatic heterocycles. The average molecular weight is 385 g/mol. The van der Waals surface area contributed by atoms with Crippen LogP contribution >= 0.6 is 0 Å². The number of benzene rings is 2. The van der Waals surface area contributed by atoms with E-state index in [1.807, 2.05) is 11.0 Å². The van der Waals surface area contributed by atoms with Gasteiger partial charge in [0, 0.05) is 31.8 Å². The minimum absolute atomic E-state index is 0.161. The maximum absolute atomic E-state index is 14.5. The molecule has 1 fully saturated rings. The van der Waals surface area contributed by atoms with Gasteiger partial charge in [0.05, 0.1) is 35.1 Å². The lowest BCUT2D eigenvalue weighted by molar-refractivity contribution is -0.384. The SMILES string of the molecule is O=C(c1cc([N+](=O)[O-])ccc1N1CCOCC1)N1CCCc2cccc(F)c21. The molecule has 0 spiro atoms. The number of amides is 1. The Labute approximate surface area is 161 Å². The Balaban J connectivity index is 1.78. The van der Waals surface area contributed by atoms with Crippen molar-refractivity contribution in [1.82, 2.24) is 0 Å². The van der Waals surface area contributed by atoms with Crippen molar-refractivity contribution >= 4 is 23.0 Å². The molecule has 28 heavy (non-hydrogen) atoms. The quantitative estimate of drug-likeness (QED) is 0.599. The number of nitrogens with zero attached hydrogens (tertiary/aromatic N) is 3. The molecule has 0 N–H and O–H groups in total. The molecular formula is C20H20FN3O4. The molecule has 2 aromatic carbocycles. The van der Waals surface area contributed by atoms with Crippen LogP contribution in [-0.4, -0.2) is 43.7 Å². The number of morpholine rings is 1. The number of anilines is 2. The molecule has 0 aliphatic carbocycles. The molecule has 0 unspecified atom stereocenters. The summed E-state index contributed by atoms with van der Waals surface area (Å²) in [6.07, 6.45) is 1.41. The summed E-state index contributed by atoms with van der Waals surface area (Å²) >= 11 is 0. The molecule has 0 atom stereocenters. The second kappa shape index (κ2) is 7.55. The van der Waals surface area contributed by atoms with Gasteiger partial charge in [-0.05, 0) is 30.5 Å². The Morgan fingerprint density at radius 2 is 1.93 bits per heavy atom. The van der Waals surface area contributed by atoms with Crippen LogP contribution in [0.3, 0.4) is 0 Å². The van der Waals surface area contributed by atoms with E-state index < -0.39 is 16.6 Å². The molecule has 8 heteroatoms. The van der Waals surface area contributed by atoms with Gasteiger partial charge in [-0.2, -0.15) is 0 Å². The first-order chi connectivity index (χ1) is 13.6. The summed E-state index contributed by atoms with van der Waals surface area (Å²) in [6, 6.07) is 9.07. The van der Waals surface area contributed by atoms with Gasteiger partial charge >= 0.3 is 0 Å². The fourth-order valence-corrected chi connectivity index (χ4v) is 3.84. The number of halogens is 1. The zero-order chi connectivity index (χ0) is 19.7. The van der Waals surface area contributed by atoms with Gasteiger partial charge in [-0.25, -0.2) is 4.39 Å². The molecule has 2 heterocycles. The van der Waals surface area contributed by atoms with Crippen LogP contribution in [0.4, 0.5) is 21.5 Å². The van der Waals surface area contributed by atoms with Crippen molar-refractivity contribution in [3.8, 4) is 0 Å². The van der Waals surface area contributed by atoms with Gasteiger partial charge in [0.2, 0.25) is 0 Å². The highest BCUT2D eigenvalue weighted by molar-refractivity contribution is 6.10. The Hall–Kier alpha value is -3.00. The zero-order valence-electron chi connectivity index (χ0n) is 15.3. The average Bonchev–Trinajstić information content (AvgIpc) is 2.73.